The summed E-state index contributed by atoms with van der Waals surface area (Å²) in [5, 5.41) is 6.16. The average Bonchev–Trinajstić information content (AvgIpc) is 3.20. The van der Waals surface area contributed by atoms with Crippen molar-refractivity contribution in [3.8, 4) is 0 Å². The molecule has 1 aromatic heterocycles. The van der Waals surface area contributed by atoms with E-state index in [1.807, 2.05) is 36.2 Å². The topological polar surface area (TPSA) is 53.0 Å². The van der Waals surface area contributed by atoms with Gasteiger partial charge in [-0.25, -0.2) is 9.98 Å². The van der Waals surface area contributed by atoms with Gasteiger partial charge in [-0.15, -0.1) is 35.3 Å². The maximum atomic E-state index is 13.1. The molecule has 1 aliphatic heterocycles. The van der Waals surface area contributed by atoms with Crippen LogP contribution in [-0.2, 0) is 17.5 Å². The lowest BCUT2D eigenvalue weighted by atomic mass is 10.0. The van der Waals surface area contributed by atoms with Crippen LogP contribution in [0.25, 0.3) is 0 Å². The molecule has 0 saturated carbocycles. The first kappa shape index (κ1) is 25.7. The number of guanidine groups is 1. The van der Waals surface area contributed by atoms with Crippen molar-refractivity contribution in [2.45, 2.75) is 25.7 Å². The largest absolute Gasteiger partial charge is 0.416 e. The minimum Gasteiger partial charge on any atom is -0.370 e. The fourth-order valence-corrected chi connectivity index (χ4v) is 3.86. The van der Waals surface area contributed by atoms with Crippen molar-refractivity contribution < 1.29 is 17.9 Å². The number of halogens is 4. The molecule has 1 fully saturated rings. The summed E-state index contributed by atoms with van der Waals surface area (Å²) in [5.74, 6) is 0.706. The van der Waals surface area contributed by atoms with Gasteiger partial charge in [-0.1, -0.05) is 12.1 Å². The number of aromatic nitrogens is 1. The van der Waals surface area contributed by atoms with Gasteiger partial charge in [-0.3, -0.25) is 0 Å². The van der Waals surface area contributed by atoms with Gasteiger partial charge in [0, 0.05) is 32.6 Å². The van der Waals surface area contributed by atoms with Crippen molar-refractivity contribution >= 4 is 46.4 Å². The van der Waals surface area contributed by atoms with E-state index in [4.69, 9.17) is 4.74 Å². The summed E-state index contributed by atoms with van der Waals surface area (Å²) in [6.07, 6.45) is -4.83. The van der Waals surface area contributed by atoms with Gasteiger partial charge in [0.2, 0.25) is 0 Å². The number of hydrogen-bond acceptors (Lipinski definition) is 5. The van der Waals surface area contributed by atoms with Crippen LogP contribution in [0.5, 0.6) is 0 Å². The third-order valence-corrected chi connectivity index (χ3v) is 5.66. The van der Waals surface area contributed by atoms with Crippen molar-refractivity contribution in [1.82, 2.24) is 15.2 Å². The standard InChI is InChI=1S/C20H26F3N5OS.HI/c1-4-24-18(25-11-16-13-30-19(26-16)27(2)3)28-8-9-29-17(12-28)14-6-5-7-15(10-14)20(21,22)23;/h5-7,10,13,17H,4,8-9,11-12H2,1-3H3,(H,24,25);1H. The highest BCUT2D eigenvalue weighted by molar-refractivity contribution is 14.0. The first-order chi connectivity index (χ1) is 14.3. The van der Waals surface area contributed by atoms with Gasteiger partial charge in [0.1, 0.15) is 6.10 Å². The van der Waals surface area contributed by atoms with E-state index in [2.05, 4.69) is 15.3 Å². The molecule has 6 nitrogen and oxygen atoms in total. The maximum absolute atomic E-state index is 13.1. The first-order valence-electron chi connectivity index (χ1n) is 9.71. The number of ether oxygens (including phenoxy) is 1. The molecule has 0 amide bonds. The van der Waals surface area contributed by atoms with Crippen molar-refractivity contribution in [1.29, 1.82) is 0 Å². The van der Waals surface area contributed by atoms with Gasteiger partial charge in [0.25, 0.3) is 0 Å². The fourth-order valence-electron chi connectivity index (χ4n) is 3.11. The summed E-state index contributed by atoms with van der Waals surface area (Å²) < 4.78 is 45.0. The van der Waals surface area contributed by atoms with E-state index in [0.717, 1.165) is 23.0 Å². The lowest BCUT2D eigenvalue weighted by molar-refractivity contribution is -0.137. The van der Waals surface area contributed by atoms with Crippen LogP contribution in [0.2, 0.25) is 0 Å². The van der Waals surface area contributed by atoms with Crippen molar-refractivity contribution in [3.63, 3.8) is 0 Å². The minimum absolute atomic E-state index is 0. The predicted octanol–water partition coefficient (Wildman–Crippen LogP) is 4.38. The quantitative estimate of drug-likeness (QED) is 0.329. The normalized spacial score (nSPS) is 17.3. The summed E-state index contributed by atoms with van der Waals surface area (Å²) in [6, 6.07) is 5.33. The van der Waals surface area contributed by atoms with Crippen molar-refractivity contribution in [2.75, 3.05) is 45.2 Å². The molecule has 1 aliphatic rings. The highest BCUT2D eigenvalue weighted by Gasteiger charge is 2.32. The van der Waals surface area contributed by atoms with Crippen LogP contribution < -0.4 is 10.2 Å². The van der Waals surface area contributed by atoms with E-state index < -0.39 is 17.8 Å². The number of rotatable bonds is 5. The van der Waals surface area contributed by atoms with Crippen LogP contribution in [0.15, 0.2) is 34.6 Å². The van der Waals surface area contributed by atoms with Crippen molar-refractivity contribution in [2.24, 2.45) is 4.99 Å². The first-order valence-corrected chi connectivity index (χ1v) is 10.6. The molecule has 0 radical (unpaired) electrons. The molecule has 1 N–H and O–H groups in total. The molecule has 0 spiro atoms. The lowest BCUT2D eigenvalue weighted by Crippen LogP contribution is -2.48. The molecule has 11 heteroatoms. The summed E-state index contributed by atoms with van der Waals surface area (Å²) in [5.41, 5.74) is 0.726. The molecule has 1 saturated heterocycles. The number of aliphatic imine (C=N–C) groups is 1. The Labute approximate surface area is 201 Å². The average molecular weight is 569 g/mol. The van der Waals surface area contributed by atoms with E-state index in [9.17, 15) is 13.2 Å². The van der Waals surface area contributed by atoms with Gasteiger partial charge in [-0.2, -0.15) is 13.2 Å². The number of benzene rings is 1. The highest BCUT2D eigenvalue weighted by atomic mass is 127. The zero-order chi connectivity index (χ0) is 21.7. The molecule has 0 bridgehead atoms. The SMILES string of the molecule is CCNC(=NCc1csc(N(C)C)n1)N1CCOC(c2cccc(C(F)(F)F)c2)C1.I. The Morgan fingerprint density at radius 2 is 2.16 bits per heavy atom. The van der Waals surface area contributed by atoms with Gasteiger partial charge < -0.3 is 19.9 Å². The van der Waals surface area contributed by atoms with Crippen LogP contribution >= 0.6 is 35.3 Å². The van der Waals surface area contributed by atoms with Gasteiger partial charge in [0.05, 0.1) is 31.0 Å². The summed E-state index contributed by atoms with van der Waals surface area (Å²) >= 11 is 1.56. The Balaban J connectivity index is 0.00000341. The molecule has 172 valence electrons. The van der Waals surface area contributed by atoms with Gasteiger partial charge in [0.15, 0.2) is 11.1 Å². The smallest absolute Gasteiger partial charge is 0.370 e. The predicted molar refractivity (Wildman–Crippen MR) is 128 cm³/mol. The number of alkyl halides is 3. The second-order valence-corrected chi connectivity index (χ2v) is 7.95. The third kappa shape index (κ3) is 6.94. The van der Waals surface area contributed by atoms with Crippen LogP contribution in [0, 0.1) is 0 Å². The number of anilines is 1. The Hall–Kier alpha value is -1.60. The summed E-state index contributed by atoms with van der Waals surface area (Å²) in [7, 11) is 3.88. The number of nitrogens with zero attached hydrogens (tertiary/aromatic N) is 4. The van der Waals surface area contributed by atoms with E-state index in [1.54, 1.807) is 17.4 Å². The molecule has 3 rings (SSSR count). The zero-order valence-corrected chi connectivity index (χ0v) is 20.8. The molecule has 2 heterocycles. The van der Waals surface area contributed by atoms with Crippen molar-refractivity contribution in [3.05, 3.63) is 46.5 Å². The molecule has 1 unspecified atom stereocenters. The second-order valence-electron chi connectivity index (χ2n) is 7.11. The number of thiazole rings is 1. The molecular formula is C20H27F3IN5OS. The van der Waals surface area contributed by atoms with E-state index in [-0.39, 0.29) is 24.0 Å². The fraction of sp³-hybridized carbons (Fsp3) is 0.500. The molecule has 31 heavy (non-hydrogen) atoms. The van der Waals surface area contributed by atoms with Crippen LogP contribution in [0.1, 0.15) is 29.8 Å². The van der Waals surface area contributed by atoms with Crippen LogP contribution in [0.3, 0.4) is 0 Å². The van der Waals surface area contributed by atoms with E-state index in [1.165, 1.54) is 6.07 Å². The van der Waals surface area contributed by atoms with Gasteiger partial charge >= 0.3 is 6.18 Å². The Kier molecular flexibility index (Phi) is 9.37. The Morgan fingerprint density at radius 3 is 2.81 bits per heavy atom. The number of morpholine rings is 1. The monoisotopic (exact) mass is 569 g/mol. The lowest BCUT2D eigenvalue weighted by Gasteiger charge is -2.35. The summed E-state index contributed by atoms with van der Waals surface area (Å²) in [4.78, 5) is 13.2. The second kappa shape index (κ2) is 11.3. The zero-order valence-electron chi connectivity index (χ0n) is 17.6. The highest BCUT2D eigenvalue weighted by Crippen LogP contribution is 2.32. The Morgan fingerprint density at radius 1 is 1.39 bits per heavy atom. The molecule has 0 aliphatic carbocycles. The maximum Gasteiger partial charge on any atom is 0.416 e. The van der Waals surface area contributed by atoms with Gasteiger partial charge in [-0.05, 0) is 24.6 Å². The molecular weight excluding hydrogens is 542 g/mol. The van der Waals surface area contributed by atoms with E-state index >= 15 is 0 Å². The number of hydrogen-bond donors (Lipinski definition) is 1. The molecule has 1 aromatic carbocycles. The molecule has 2 aromatic rings. The summed E-state index contributed by atoms with van der Waals surface area (Å²) in [6.45, 7) is 4.54. The minimum atomic E-state index is -4.38. The van der Waals surface area contributed by atoms with Crippen LogP contribution in [-0.4, -0.2) is 56.2 Å². The van der Waals surface area contributed by atoms with Crippen LogP contribution in [0.4, 0.5) is 18.3 Å². The number of nitrogens with one attached hydrogen (secondary N) is 1. The molecule has 1 atom stereocenters. The third-order valence-electron chi connectivity index (χ3n) is 4.60. The van der Waals surface area contributed by atoms with E-state index in [0.29, 0.717) is 44.3 Å². The Bertz CT molecular complexity index is 874.